The van der Waals surface area contributed by atoms with Crippen molar-refractivity contribution in [2.24, 2.45) is 0 Å². The first-order valence-electron chi connectivity index (χ1n) is 7.51. The number of aromatic nitrogens is 1. The summed E-state index contributed by atoms with van der Waals surface area (Å²) < 4.78 is 13.2. The van der Waals surface area contributed by atoms with Gasteiger partial charge in [-0.05, 0) is 0 Å². The molecule has 0 radical (unpaired) electrons. The standard InChI is InChI=1S/C17H19NO4Se/c19-7-12-6-18-16-10-21-13(9-22-17(16)15(12)8-20)11-23-14-4-2-1-3-5-14/h1-6,13,19-20H,7-11H2/p+1. The molecule has 1 aliphatic heterocycles. The molecule has 0 aliphatic carbocycles. The topological polar surface area (TPSA) is 73.1 Å². The Labute approximate surface area is 141 Å². The third-order valence-corrected chi connectivity index (χ3v) is 6.14. The zero-order valence-electron chi connectivity index (χ0n) is 12.7. The molecule has 0 fully saturated rings. The van der Waals surface area contributed by atoms with Gasteiger partial charge < -0.3 is 0 Å². The number of aliphatic hydroxyl groups is 2. The summed E-state index contributed by atoms with van der Waals surface area (Å²) in [5.74, 6) is 0.619. The third-order valence-electron chi connectivity index (χ3n) is 3.74. The molecule has 1 atom stereocenters. The molecule has 5 nitrogen and oxygen atoms in total. The molecule has 2 aromatic rings. The Morgan fingerprint density at radius 3 is 2.74 bits per heavy atom. The van der Waals surface area contributed by atoms with E-state index < -0.39 is 0 Å². The minimum absolute atomic E-state index is 0.0279. The number of H-pyrrole nitrogens is 1. The van der Waals surface area contributed by atoms with Crippen LogP contribution in [0.3, 0.4) is 0 Å². The average Bonchev–Trinajstić information content (AvgIpc) is 2.82. The SMILES string of the molecule is OCc1c[nH+]c2c(c1CO)OCC(C[Se]c1ccccc1)OC2. The number of aliphatic hydroxyl groups excluding tert-OH is 2. The van der Waals surface area contributed by atoms with E-state index in [1.807, 2.05) is 6.07 Å². The number of benzene rings is 1. The molecule has 3 rings (SSSR count). The summed E-state index contributed by atoms with van der Waals surface area (Å²) in [6.07, 6.45) is 1.73. The summed E-state index contributed by atoms with van der Waals surface area (Å²) in [5.41, 5.74) is 2.10. The van der Waals surface area contributed by atoms with Gasteiger partial charge in [0, 0.05) is 0 Å². The molecule has 1 aromatic carbocycles. The molecule has 1 aromatic heterocycles. The summed E-state index contributed by atoms with van der Waals surface area (Å²) in [4.78, 5) is 3.10. The normalized spacial score (nSPS) is 17.2. The fourth-order valence-electron chi connectivity index (χ4n) is 2.48. The van der Waals surface area contributed by atoms with Crippen molar-refractivity contribution < 1.29 is 24.7 Å². The van der Waals surface area contributed by atoms with Gasteiger partial charge in [-0.2, -0.15) is 0 Å². The zero-order valence-corrected chi connectivity index (χ0v) is 14.4. The van der Waals surface area contributed by atoms with Crippen LogP contribution in [0, 0.1) is 0 Å². The monoisotopic (exact) mass is 382 g/mol. The summed E-state index contributed by atoms with van der Waals surface area (Å²) in [6, 6.07) is 10.4. The molecular weight excluding hydrogens is 361 g/mol. The third kappa shape index (κ3) is 3.91. The van der Waals surface area contributed by atoms with Crippen molar-refractivity contribution in [2.75, 3.05) is 6.61 Å². The summed E-state index contributed by atoms with van der Waals surface area (Å²) in [5, 5.41) is 19.9. The van der Waals surface area contributed by atoms with E-state index in [0.29, 0.717) is 45.0 Å². The first-order valence-corrected chi connectivity index (χ1v) is 9.58. The Morgan fingerprint density at radius 1 is 1.17 bits per heavy atom. The van der Waals surface area contributed by atoms with Gasteiger partial charge in [0.05, 0.1) is 0 Å². The van der Waals surface area contributed by atoms with E-state index in [1.165, 1.54) is 4.46 Å². The van der Waals surface area contributed by atoms with Crippen molar-refractivity contribution in [1.82, 2.24) is 0 Å². The number of nitrogens with one attached hydrogen (secondary N) is 1. The summed E-state index contributed by atoms with van der Waals surface area (Å²) in [7, 11) is 0. The van der Waals surface area contributed by atoms with Gasteiger partial charge in [-0.1, -0.05) is 0 Å². The van der Waals surface area contributed by atoms with Crippen molar-refractivity contribution in [2.45, 2.75) is 31.2 Å². The van der Waals surface area contributed by atoms with Gasteiger partial charge in [0.15, 0.2) is 0 Å². The number of ether oxygens (including phenoxy) is 2. The number of hydrogen-bond donors (Lipinski definition) is 2. The van der Waals surface area contributed by atoms with Gasteiger partial charge in [-0.3, -0.25) is 0 Å². The molecule has 6 heteroatoms. The number of aromatic amines is 1. The molecule has 0 saturated heterocycles. The Kier molecular flexibility index (Phi) is 5.65. The number of pyridine rings is 1. The van der Waals surface area contributed by atoms with Crippen LogP contribution in [0.4, 0.5) is 0 Å². The van der Waals surface area contributed by atoms with Gasteiger partial charge in [0.25, 0.3) is 0 Å². The van der Waals surface area contributed by atoms with Crippen molar-refractivity contribution >= 4 is 19.4 Å². The van der Waals surface area contributed by atoms with Crippen LogP contribution >= 0.6 is 0 Å². The molecule has 0 bridgehead atoms. The van der Waals surface area contributed by atoms with Crippen LogP contribution in [0.25, 0.3) is 0 Å². The van der Waals surface area contributed by atoms with Crippen molar-refractivity contribution in [3.05, 3.63) is 53.3 Å². The first kappa shape index (κ1) is 16.4. The second-order valence-electron chi connectivity index (χ2n) is 5.28. The van der Waals surface area contributed by atoms with E-state index in [4.69, 9.17) is 9.47 Å². The minimum atomic E-state index is -0.161. The first-order chi connectivity index (χ1) is 11.3. The maximum absolute atomic E-state index is 9.57. The second kappa shape index (κ2) is 7.90. The summed E-state index contributed by atoms with van der Waals surface area (Å²) in [6.45, 7) is 0.580. The van der Waals surface area contributed by atoms with Crippen LogP contribution in [0.15, 0.2) is 36.5 Å². The van der Waals surface area contributed by atoms with E-state index in [9.17, 15) is 10.2 Å². The van der Waals surface area contributed by atoms with Crippen molar-refractivity contribution in [3.8, 4) is 5.75 Å². The maximum atomic E-state index is 9.57. The fraction of sp³-hybridized carbons (Fsp3) is 0.353. The Bertz CT molecular complexity index is 651. The van der Waals surface area contributed by atoms with Crippen LogP contribution in [-0.4, -0.2) is 37.9 Å². The summed E-state index contributed by atoms with van der Waals surface area (Å²) >= 11 is 0.339. The molecule has 23 heavy (non-hydrogen) atoms. The van der Waals surface area contributed by atoms with E-state index in [2.05, 4.69) is 29.2 Å². The molecule has 0 saturated carbocycles. The molecular formula is C17H20NO4Se+. The molecule has 2 heterocycles. The van der Waals surface area contributed by atoms with Crippen molar-refractivity contribution in [1.29, 1.82) is 0 Å². The van der Waals surface area contributed by atoms with Gasteiger partial charge in [0.1, 0.15) is 0 Å². The average molecular weight is 381 g/mol. The van der Waals surface area contributed by atoms with E-state index >= 15 is 0 Å². The van der Waals surface area contributed by atoms with Crippen molar-refractivity contribution in [3.63, 3.8) is 0 Å². The zero-order chi connectivity index (χ0) is 16.1. The van der Waals surface area contributed by atoms with Crippen LogP contribution in [0.1, 0.15) is 16.8 Å². The van der Waals surface area contributed by atoms with Crippen LogP contribution in [-0.2, 0) is 24.6 Å². The van der Waals surface area contributed by atoms with Crippen LogP contribution < -0.4 is 14.2 Å². The number of fused-ring (bicyclic) bond motifs is 1. The Hall–Kier alpha value is -1.43. The fourth-order valence-corrected chi connectivity index (χ4v) is 4.41. The molecule has 0 amide bonds. The molecule has 1 unspecified atom stereocenters. The Morgan fingerprint density at radius 2 is 2.00 bits per heavy atom. The second-order valence-corrected chi connectivity index (χ2v) is 7.58. The molecule has 122 valence electrons. The van der Waals surface area contributed by atoms with Crippen LogP contribution in [0.5, 0.6) is 5.75 Å². The quantitative estimate of drug-likeness (QED) is 0.727. The van der Waals surface area contributed by atoms with E-state index in [1.54, 1.807) is 6.20 Å². The molecule has 3 N–H and O–H groups in total. The van der Waals surface area contributed by atoms with E-state index in [0.717, 1.165) is 11.0 Å². The van der Waals surface area contributed by atoms with Gasteiger partial charge in [-0.25, -0.2) is 0 Å². The molecule has 0 spiro atoms. The predicted molar refractivity (Wildman–Crippen MR) is 85.6 cm³/mol. The molecule has 1 aliphatic rings. The van der Waals surface area contributed by atoms with Gasteiger partial charge >= 0.3 is 141 Å². The predicted octanol–water partition coefficient (Wildman–Crippen LogP) is 0.211. The van der Waals surface area contributed by atoms with E-state index in [-0.39, 0.29) is 19.3 Å². The Balaban J connectivity index is 1.68. The van der Waals surface area contributed by atoms with Crippen LogP contribution in [0.2, 0.25) is 5.32 Å². The number of rotatable bonds is 5. The van der Waals surface area contributed by atoms with Gasteiger partial charge in [0.2, 0.25) is 0 Å². The van der Waals surface area contributed by atoms with Gasteiger partial charge in [-0.15, -0.1) is 0 Å². The number of hydrogen-bond acceptors (Lipinski definition) is 4.